The second kappa shape index (κ2) is 13.1. The summed E-state index contributed by atoms with van der Waals surface area (Å²) < 4.78 is 5.56. The number of hydrogen-bond acceptors (Lipinski definition) is 4. The van der Waals surface area contributed by atoms with E-state index in [2.05, 4.69) is 32.4 Å². The van der Waals surface area contributed by atoms with Crippen LogP contribution in [-0.2, 0) is 6.54 Å². The van der Waals surface area contributed by atoms with Crippen molar-refractivity contribution in [3.05, 3.63) is 23.9 Å². The Balaban J connectivity index is 0.00000338. The first-order valence-corrected chi connectivity index (χ1v) is 9.49. The van der Waals surface area contributed by atoms with Crippen LogP contribution in [0.2, 0.25) is 0 Å². The monoisotopic (exact) mass is 475 g/mol. The van der Waals surface area contributed by atoms with Crippen molar-refractivity contribution in [1.29, 1.82) is 0 Å². The molecule has 0 bridgehead atoms. The topological polar surface area (TPSA) is 61.8 Å². The lowest BCUT2D eigenvalue weighted by Gasteiger charge is -2.33. The van der Waals surface area contributed by atoms with Crippen molar-refractivity contribution in [3.63, 3.8) is 0 Å². The van der Waals surface area contributed by atoms with Crippen molar-refractivity contribution in [2.45, 2.75) is 52.1 Å². The van der Waals surface area contributed by atoms with E-state index >= 15 is 0 Å². The van der Waals surface area contributed by atoms with Gasteiger partial charge in [0, 0.05) is 44.5 Å². The van der Waals surface area contributed by atoms with Crippen molar-refractivity contribution in [2.24, 2.45) is 4.99 Å². The number of guanidine groups is 1. The lowest BCUT2D eigenvalue weighted by molar-refractivity contribution is 0.159. The SMILES string of the molecule is CCOc1ncccc1CNC(=NC)NCCCN1CCCCC1C.I. The van der Waals surface area contributed by atoms with E-state index in [0.29, 0.717) is 19.0 Å². The zero-order chi connectivity index (χ0) is 17.9. The maximum atomic E-state index is 5.56. The molecular formula is C19H34IN5O. The number of likely N-dealkylation sites (tertiary alicyclic amines) is 1. The standard InChI is InChI=1S/C19H33N5O.HI/c1-4-25-18-17(10-7-11-21-18)15-23-19(20-3)22-12-8-14-24-13-6-5-9-16(24)2;/h7,10-11,16H,4-6,8-9,12-15H2,1-3H3,(H2,20,22,23);1H. The molecule has 0 saturated carbocycles. The van der Waals surface area contributed by atoms with Crippen LogP contribution in [0.25, 0.3) is 0 Å². The molecule has 148 valence electrons. The normalized spacial score (nSPS) is 18.1. The van der Waals surface area contributed by atoms with Crippen molar-refractivity contribution in [3.8, 4) is 5.88 Å². The van der Waals surface area contributed by atoms with E-state index in [4.69, 9.17) is 4.74 Å². The van der Waals surface area contributed by atoms with Crippen molar-refractivity contribution in [1.82, 2.24) is 20.5 Å². The predicted octanol–water partition coefficient (Wildman–Crippen LogP) is 3.03. The number of pyridine rings is 1. The summed E-state index contributed by atoms with van der Waals surface area (Å²) in [5, 5.41) is 6.73. The maximum Gasteiger partial charge on any atom is 0.218 e. The van der Waals surface area contributed by atoms with Crippen LogP contribution in [0.3, 0.4) is 0 Å². The Bertz CT molecular complexity index is 540. The van der Waals surface area contributed by atoms with Crippen molar-refractivity contribution in [2.75, 3.05) is 33.3 Å². The molecule has 0 aliphatic carbocycles. The van der Waals surface area contributed by atoms with Crippen LogP contribution in [0.4, 0.5) is 0 Å². The molecule has 2 heterocycles. The number of aromatic nitrogens is 1. The van der Waals surface area contributed by atoms with Gasteiger partial charge in [0.25, 0.3) is 0 Å². The van der Waals surface area contributed by atoms with Gasteiger partial charge in [0.1, 0.15) is 0 Å². The first kappa shape index (κ1) is 23.0. The lowest BCUT2D eigenvalue weighted by Crippen LogP contribution is -2.41. The summed E-state index contributed by atoms with van der Waals surface area (Å²) >= 11 is 0. The van der Waals surface area contributed by atoms with Gasteiger partial charge in [-0.1, -0.05) is 12.5 Å². The van der Waals surface area contributed by atoms with Gasteiger partial charge >= 0.3 is 0 Å². The number of rotatable bonds is 8. The Labute approximate surface area is 175 Å². The van der Waals surface area contributed by atoms with Gasteiger partial charge in [0.05, 0.1) is 6.61 Å². The highest BCUT2D eigenvalue weighted by molar-refractivity contribution is 14.0. The third kappa shape index (κ3) is 7.65. The molecule has 1 fully saturated rings. The Morgan fingerprint density at radius 1 is 1.38 bits per heavy atom. The highest BCUT2D eigenvalue weighted by atomic mass is 127. The molecule has 0 aromatic carbocycles. The van der Waals surface area contributed by atoms with E-state index in [0.717, 1.165) is 37.1 Å². The van der Waals surface area contributed by atoms with Crippen LogP contribution >= 0.6 is 24.0 Å². The molecule has 1 unspecified atom stereocenters. The molecular weight excluding hydrogens is 441 g/mol. The van der Waals surface area contributed by atoms with E-state index in [9.17, 15) is 0 Å². The molecule has 1 aliphatic rings. The molecule has 6 nitrogen and oxygen atoms in total. The number of nitrogens with zero attached hydrogens (tertiary/aromatic N) is 3. The molecule has 1 saturated heterocycles. The fourth-order valence-corrected chi connectivity index (χ4v) is 3.20. The summed E-state index contributed by atoms with van der Waals surface area (Å²) in [4.78, 5) is 11.2. The molecule has 1 aromatic rings. The second-order valence-corrected chi connectivity index (χ2v) is 6.49. The first-order chi connectivity index (χ1) is 12.2. The van der Waals surface area contributed by atoms with Gasteiger partial charge in [0.15, 0.2) is 5.96 Å². The van der Waals surface area contributed by atoms with Gasteiger partial charge in [0.2, 0.25) is 5.88 Å². The van der Waals surface area contributed by atoms with E-state index in [1.807, 2.05) is 19.1 Å². The quantitative estimate of drug-likeness (QED) is 0.262. The van der Waals surface area contributed by atoms with Crippen LogP contribution < -0.4 is 15.4 Å². The Morgan fingerprint density at radius 2 is 2.23 bits per heavy atom. The van der Waals surface area contributed by atoms with Gasteiger partial charge in [-0.3, -0.25) is 4.99 Å². The van der Waals surface area contributed by atoms with Crippen LogP contribution in [0.5, 0.6) is 5.88 Å². The first-order valence-electron chi connectivity index (χ1n) is 9.49. The minimum atomic E-state index is 0. The van der Waals surface area contributed by atoms with Crippen molar-refractivity contribution >= 4 is 29.9 Å². The number of aliphatic imine (C=N–C) groups is 1. The lowest BCUT2D eigenvalue weighted by atomic mass is 10.0. The van der Waals surface area contributed by atoms with E-state index in [1.165, 1.54) is 25.8 Å². The number of ether oxygens (including phenoxy) is 1. The van der Waals surface area contributed by atoms with Crippen molar-refractivity contribution < 1.29 is 4.74 Å². The fraction of sp³-hybridized carbons (Fsp3) is 0.684. The smallest absolute Gasteiger partial charge is 0.218 e. The average molecular weight is 475 g/mol. The van der Waals surface area contributed by atoms with Gasteiger partial charge in [-0.2, -0.15) is 0 Å². The van der Waals surface area contributed by atoms with Crippen LogP contribution in [0, 0.1) is 0 Å². The molecule has 0 amide bonds. The van der Waals surface area contributed by atoms with Crippen LogP contribution in [0.15, 0.2) is 23.3 Å². The fourth-order valence-electron chi connectivity index (χ4n) is 3.20. The zero-order valence-corrected chi connectivity index (χ0v) is 18.7. The minimum Gasteiger partial charge on any atom is -0.478 e. The predicted molar refractivity (Wildman–Crippen MR) is 119 cm³/mol. The third-order valence-electron chi connectivity index (χ3n) is 4.66. The Hall–Kier alpha value is -1.09. The van der Waals surface area contributed by atoms with Gasteiger partial charge in [-0.15, -0.1) is 24.0 Å². The molecule has 1 aromatic heterocycles. The number of nitrogens with one attached hydrogen (secondary N) is 2. The summed E-state index contributed by atoms with van der Waals surface area (Å²) in [6.45, 7) is 8.90. The molecule has 1 aliphatic heterocycles. The van der Waals surface area contributed by atoms with E-state index < -0.39 is 0 Å². The zero-order valence-electron chi connectivity index (χ0n) is 16.3. The third-order valence-corrected chi connectivity index (χ3v) is 4.66. The van der Waals surface area contributed by atoms with E-state index in [1.54, 1.807) is 13.2 Å². The number of hydrogen-bond donors (Lipinski definition) is 2. The molecule has 26 heavy (non-hydrogen) atoms. The average Bonchev–Trinajstić information content (AvgIpc) is 2.64. The molecule has 2 rings (SSSR count). The highest BCUT2D eigenvalue weighted by Crippen LogP contribution is 2.16. The largest absolute Gasteiger partial charge is 0.478 e. The van der Waals surface area contributed by atoms with Gasteiger partial charge < -0.3 is 20.3 Å². The molecule has 0 spiro atoms. The second-order valence-electron chi connectivity index (χ2n) is 6.49. The van der Waals surface area contributed by atoms with Gasteiger partial charge in [-0.05, 0) is 45.7 Å². The molecule has 7 heteroatoms. The highest BCUT2D eigenvalue weighted by Gasteiger charge is 2.17. The molecule has 0 radical (unpaired) electrons. The van der Waals surface area contributed by atoms with Crippen LogP contribution in [0.1, 0.15) is 45.1 Å². The molecule has 1 atom stereocenters. The molecule has 2 N–H and O–H groups in total. The summed E-state index contributed by atoms with van der Waals surface area (Å²) in [5.74, 6) is 1.50. The summed E-state index contributed by atoms with van der Waals surface area (Å²) in [5.41, 5.74) is 1.04. The number of halogens is 1. The number of piperidine rings is 1. The summed E-state index contributed by atoms with van der Waals surface area (Å²) in [7, 11) is 1.80. The maximum absolute atomic E-state index is 5.56. The Kier molecular flexibility index (Phi) is 11.6. The summed E-state index contributed by atoms with van der Waals surface area (Å²) in [6.07, 6.45) is 6.94. The summed E-state index contributed by atoms with van der Waals surface area (Å²) in [6, 6.07) is 4.68. The Morgan fingerprint density at radius 3 is 2.96 bits per heavy atom. The minimum absolute atomic E-state index is 0. The van der Waals surface area contributed by atoms with E-state index in [-0.39, 0.29) is 24.0 Å². The van der Waals surface area contributed by atoms with Gasteiger partial charge in [-0.25, -0.2) is 4.98 Å². The van der Waals surface area contributed by atoms with Crippen LogP contribution in [-0.4, -0.2) is 55.2 Å².